The zero-order valence-electron chi connectivity index (χ0n) is 12.2. The Morgan fingerprint density at radius 3 is 2.67 bits per heavy atom. The van der Waals surface area contributed by atoms with Gasteiger partial charge in [-0.15, -0.1) is 11.8 Å². The maximum absolute atomic E-state index is 10.6. The predicted octanol–water partition coefficient (Wildman–Crippen LogP) is 3.57. The number of fused-ring (bicyclic) bond motifs is 1. The van der Waals surface area contributed by atoms with Crippen LogP contribution in [0.3, 0.4) is 0 Å². The average Bonchev–Trinajstić information content (AvgIpc) is 2.84. The van der Waals surface area contributed by atoms with Gasteiger partial charge in [-0.1, -0.05) is 36.4 Å². The summed E-state index contributed by atoms with van der Waals surface area (Å²) in [6.07, 6.45) is 2.02. The zero-order chi connectivity index (χ0) is 14.8. The minimum Gasteiger partial charge on any atom is -0.388 e. The van der Waals surface area contributed by atoms with Crippen molar-refractivity contribution >= 4 is 22.7 Å². The minimum atomic E-state index is -0.535. The molecule has 1 aromatic heterocycles. The second-order valence-corrected chi connectivity index (χ2v) is 5.90. The Kier molecular flexibility index (Phi) is 3.99. The fourth-order valence-electron chi connectivity index (χ4n) is 2.67. The molecule has 1 N–H and O–H groups in total. The van der Waals surface area contributed by atoms with Crippen molar-refractivity contribution in [3.8, 4) is 0 Å². The monoisotopic (exact) mass is 298 g/mol. The highest BCUT2D eigenvalue weighted by Gasteiger charge is 2.16. The molecule has 1 unspecified atom stereocenters. The first-order valence-electron chi connectivity index (χ1n) is 6.92. The van der Waals surface area contributed by atoms with Crippen LogP contribution in [-0.4, -0.2) is 21.1 Å². The molecule has 0 fully saturated rings. The molecule has 0 amide bonds. The van der Waals surface area contributed by atoms with Crippen molar-refractivity contribution in [3.63, 3.8) is 0 Å². The van der Waals surface area contributed by atoms with E-state index in [1.54, 1.807) is 11.8 Å². The number of aliphatic hydroxyl groups is 1. The minimum absolute atomic E-state index is 0.527. The Labute approximate surface area is 128 Å². The summed E-state index contributed by atoms with van der Waals surface area (Å²) in [6, 6.07) is 16.1. The molecule has 3 nitrogen and oxygen atoms in total. The van der Waals surface area contributed by atoms with Crippen LogP contribution in [0.25, 0.3) is 10.9 Å². The highest BCUT2D eigenvalue weighted by Crippen LogP contribution is 2.29. The first-order valence-corrected chi connectivity index (χ1v) is 8.14. The third kappa shape index (κ3) is 2.69. The van der Waals surface area contributed by atoms with Crippen molar-refractivity contribution in [3.05, 3.63) is 59.8 Å². The SMILES string of the molecule is CSc1ccccc1C(O)Cc1nn(C)c2ccccc12. The smallest absolute Gasteiger partial charge is 0.0857 e. The highest BCUT2D eigenvalue weighted by atomic mass is 32.2. The summed E-state index contributed by atoms with van der Waals surface area (Å²) in [5, 5.41) is 16.3. The van der Waals surface area contributed by atoms with E-state index in [-0.39, 0.29) is 0 Å². The van der Waals surface area contributed by atoms with Gasteiger partial charge in [-0.2, -0.15) is 5.10 Å². The molecule has 0 saturated heterocycles. The fourth-order valence-corrected chi connectivity index (χ4v) is 3.33. The van der Waals surface area contributed by atoms with Crippen LogP contribution in [0.5, 0.6) is 0 Å². The summed E-state index contributed by atoms with van der Waals surface area (Å²) in [5.41, 5.74) is 3.01. The Bertz CT molecular complexity index is 766. The number of hydrogen-bond donors (Lipinski definition) is 1. The third-order valence-electron chi connectivity index (χ3n) is 3.72. The largest absolute Gasteiger partial charge is 0.388 e. The third-order valence-corrected chi connectivity index (χ3v) is 4.53. The molecule has 2 aromatic carbocycles. The first-order chi connectivity index (χ1) is 10.2. The molecule has 0 bridgehead atoms. The molecule has 0 saturated carbocycles. The van der Waals surface area contributed by atoms with Crippen LogP contribution in [0, 0.1) is 0 Å². The van der Waals surface area contributed by atoms with Crippen LogP contribution in [0.2, 0.25) is 0 Å². The summed E-state index contributed by atoms with van der Waals surface area (Å²) < 4.78 is 1.87. The van der Waals surface area contributed by atoms with Crippen molar-refractivity contribution in [1.82, 2.24) is 9.78 Å². The summed E-state index contributed by atoms with van der Waals surface area (Å²) in [5.74, 6) is 0. The van der Waals surface area contributed by atoms with Crippen molar-refractivity contribution in [2.24, 2.45) is 7.05 Å². The van der Waals surface area contributed by atoms with Crippen LogP contribution in [-0.2, 0) is 13.5 Å². The number of para-hydroxylation sites is 1. The Hall–Kier alpha value is -1.78. The lowest BCUT2D eigenvalue weighted by Crippen LogP contribution is -2.04. The normalized spacial score (nSPS) is 12.7. The maximum atomic E-state index is 10.6. The van der Waals surface area contributed by atoms with E-state index in [4.69, 9.17) is 0 Å². The number of thioether (sulfide) groups is 1. The van der Waals surface area contributed by atoms with Crippen molar-refractivity contribution in [2.75, 3.05) is 6.26 Å². The van der Waals surface area contributed by atoms with Gasteiger partial charge in [-0.25, -0.2) is 0 Å². The fraction of sp³-hybridized carbons (Fsp3) is 0.235. The van der Waals surface area contributed by atoms with Gasteiger partial charge in [-0.3, -0.25) is 4.68 Å². The van der Waals surface area contributed by atoms with Crippen molar-refractivity contribution < 1.29 is 5.11 Å². The average molecular weight is 298 g/mol. The van der Waals surface area contributed by atoms with Gasteiger partial charge in [0.15, 0.2) is 0 Å². The molecule has 1 atom stereocenters. The number of hydrogen-bond acceptors (Lipinski definition) is 3. The lowest BCUT2D eigenvalue weighted by molar-refractivity contribution is 0.174. The van der Waals surface area contributed by atoms with Gasteiger partial charge in [-0.05, 0) is 24.0 Å². The molecule has 3 aromatic rings. The lowest BCUT2D eigenvalue weighted by atomic mass is 10.0. The molecular weight excluding hydrogens is 280 g/mol. The first kappa shape index (κ1) is 14.2. The van der Waals surface area contributed by atoms with Crippen LogP contribution in [0.15, 0.2) is 53.4 Å². The molecule has 0 spiro atoms. The summed E-state index contributed by atoms with van der Waals surface area (Å²) in [4.78, 5) is 1.12. The van der Waals surface area contributed by atoms with E-state index in [1.807, 2.05) is 60.4 Å². The Morgan fingerprint density at radius 2 is 1.86 bits per heavy atom. The van der Waals surface area contributed by atoms with E-state index in [0.29, 0.717) is 6.42 Å². The molecule has 3 rings (SSSR count). The molecule has 21 heavy (non-hydrogen) atoms. The number of nitrogens with zero attached hydrogens (tertiary/aromatic N) is 2. The second-order valence-electron chi connectivity index (χ2n) is 5.05. The van der Waals surface area contributed by atoms with E-state index in [9.17, 15) is 5.11 Å². The molecule has 4 heteroatoms. The van der Waals surface area contributed by atoms with Gasteiger partial charge in [0.25, 0.3) is 0 Å². The molecule has 0 aliphatic rings. The van der Waals surface area contributed by atoms with E-state index in [2.05, 4.69) is 11.2 Å². The maximum Gasteiger partial charge on any atom is 0.0857 e. The van der Waals surface area contributed by atoms with Gasteiger partial charge in [0.05, 0.1) is 17.3 Å². The van der Waals surface area contributed by atoms with Crippen LogP contribution in [0.4, 0.5) is 0 Å². The molecule has 1 heterocycles. The number of aromatic nitrogens is 2. The summed E-state index contributed by atoms with van der Waals surface area (Å²) in [6.45, 7) is 0. The standard InChI is InChI=1S/C17H18N2OS/c1-19-15-9-5-3-7-12(15)14(18-19)11-16(20)13-8-4-6-10-17(13)21-2/h3-10,16,20H,11H2,1-2H3. The van der Waals surface area contributed by atoms with Crippen LogP contribution in [0.1, 0.15) is 17.4 Å². The molecule has 0 aliphatic heterocycles. The van der Waals surface area contributed by atoms with Crippen molar-refractivity contribution in [1.29, 1.82) is 0 Å². The Morgan fingerprint density at radius 1 is 1.14 bits per heavy atom. The molecule has 0 radical (unpaired) electrons. The number of aliphatic hydroxyl groups excluding tert-OH is 1. The quantitative estimate of drug-likeness (QED) is 0.748. The lowest BCUT2D eigenvalue weighted by Gasteiger charge is -2.13. The van der Waals surface area contributed by atoms with Gasteiger partial charge in [0.2, 0.25) is 0 Å². The van der Waals surface area contributed by atoms with E-state index >= 15 is 0 Å². The zero-order valence-corrected chi connectivity index (χ0v) is 13.0. The molecule has 0 aliphatic carbocycles. The van der Waals surface area contributed by atoms with Crippen LogP contribution >= 0.6 is 11.8 Å². The predicted molar refractivity (Wildman–Crippen MR) is 87.6 cm³/mol. The number of rotatable bonds is 4. The van der Waals surface area contributed by atoms with Gasteiger partial charge < -0.3 is 5.11 Å². The van der Waals surface area contributed by atoms with E-state index in [0.717, 1.165) is 27.1 Å². The van der Waals surface area contributed by atoms with Gasteiger partial charge in [0.1, 0.15) is 0 Å². The topological polar surface area (TPSA) is 38.1 Å². The molecule has 108 valence electrons. The van der Waals surface area contributed by atoms with Gasteiger partial charge >= 0.3 is 0 Å². The second kappa shape index (κ2) is 5.92. The van der Waals surface area contributed by atoms with Crippen molar-refractivity contribution in [2.45, 2.75) is 17.4 Å². The number of benzene rings is 2. The highest BCUT2D eigenvalue weighted by molar-refractivity contribution is 7.98. The summed E-state index contributed by atoms with van der Waals surface area (Å²) >= 11 is 1.66. The number of aryl methyl sites for hydroxylation is 1. The van der Waals surface area contributed by atoms with E-state index < -0.39 is 6.10 Å². The Balaban J connectivity index is 1.95. The van der Waals surface area contributed by atoms with Crippen LogP contribution < -0.4 is 0 Å². The summed E-state index contributed by atoms with van der Waals surface area (Å²) in [7, 11) is 1.94. The molecular formula is C17H18N2OS. The van der Waals surface area contributed by atoms with Gasteiger partial charge in [0, 0.05) is 23.8 Å². The van der Waals surface area contributed by atoms with E-state index in [1.165, 1.54) is 0 Å².